The van der Waals surface area contributed by atoms with Crippen molar-refractivity contribution in [1.29, 1.82) is 5.26 Å². The fourth-order valence-corrected chi connectivity index (χ4v) is 1.53. The second kappa shape index (κ2) is 6.26. The van der Waals surface area contributed by atoms with Gasteiger partial charge in [-0.1, -0.05) is 0 Å². The number of nitrogens with one attached hydrogen (secondary N) is 1. The number of benzene rings is 1. The Bertz CT molecular complexity index is 575. The highest BCUT2D eigenvalue weighted by Gasteiger charge is 1.96. The summed E-state index contributed by atoms with van der Waals surface area (Å²) >= 11 is 0. The van der Waals surface area contributed by atoms with Crippen LogP contribution in [0.2, 0.25) is 0 Å². The maximum absolute atomic E-state index is 8.73. The smallest absolute Gasteiger partial charge is 0.142 e. The van der Waals surface area contributed by atoms with Crippen molar-refractivity contribution in [3.63, 3.8) is 0 Å². The lowest BCUT2D eigenvalue weighted by Crippen LogP contribution is -2.11. The summed E-state index contributed by atoms with van der Waals surface area (Å²) in [5, 5.41) is 11.9. The van der Waals surface area contributed by atoms with Gasteiger partial charge in [0.05, 0.1) is 0 Å². The van der Waals surface area contributed by atoms with Gasteiger partial charge < -0.3 is 15.8 Å². The largest absolute Gasteiger partial charge is 0.492 e. The van der Waals surface area contributed by atoms with E-state index in [0.717, 1.165) is 11.4 Å². The number of pyridine rings is 1. The third-order valence-corrected chi connectivity index (χ3v) is 2.45. The molecule has 0 aliphatic rings. The minimum Gasteiger partial charge on any atom is -0.492 e. The topological polar surface area (TPSA) is 84.0 Å². The Balaban J connectivity index is 1.77. The monoisotopic (exact) mass is 254 g/mol. The number of nitrogens with two attached hydrogens (primary N) is 1. The van der Waals surface area contributed by atoms with Gasteiger partial charge in [0.25, 0.3) is 0 Å². The van der Waals surface area contributed by atoms with E-state index >= 15 is 0 Å². The van der Waals surface area contributed by atoms with E-state index in [1.807, 2.05) is 24.3 Å². The van der Waals surface area contributed by atoms with Gasteiger partial charge in [0.15, 0.2) is 0 Å². The van der Waals surface area contributed by atoms with E-state index in [1.54, 1.807) is 24.4 Å². The lowest BCUT2D eigenvalue weighted by atomic mass is 10.3. The molecule has 0 aliphatic carbocycles. The molecule has 0 spiro atoms. The van der Waals surface area contributed by atoms with Crippen molar-refractivity contribution in [2.75, 3.05) is 24.2 Å². The van der Waals surface area contributed by atoms with Crippen molar-refractivity contribution in [3.8, 4) is 11.8 Å². The Hall–Kier alpha value is -2.74. The zero-order chi connectivity index (χ0) is 13.5. The van der Waals surface area contributed by atoms with Crippen LogP contribution in [0.5, 0.6) is 5.75 Å². The van der Waals surface area contributed by atoms with Crippen LogP contribution in [0.4, 0.5) is 11.4 Å². The van der Waals surface area contributed by atoms with Crippen LogP contribution in [-0.4, -0.2) is 18.1 Å². The standard InChI is InChI=1S/C14H14N4O/c15-10-13-9-12(5-6-17-13)18-7-8-19-14-3-1-11(16)2-4-14/h1-6,9H,7-8,16H2,(H,17,18). The highest BCUT2D eigenvalue weighted by molar-refractivity contribution is 5.46. The van der Waals surface area contributed by atoms with E-state index in [2.05, 4.69) is 10.3 Å². The number of ether oxygens (including phenoxy) is 1. The summed E-state index contributed by atoms with van der Waals surface area (Å²) in [6, 6.07) is 12.8. The summed E-state index contributed by atoms with van der Waals surface area (Å²) in [5.74, 6) is 0.781. The first kappa shape index (κ1) is 12.7. The van der Waals surface area contributed by atoms with Crippen LogP contribution in [0.25, 0.3) is 0 Å². The van der Waals surface area contributed by atoms with Gasteiger partial charge in [-0.2, -0.15) is 5.26 Å². The lowest BCUT2D eigenvalue weighted by Gasteiger charge is -2.08. The van der Waals surface area contributed by atoms with Crippen molar-refractivity contribution in [2.45, 2.75) is 0 Å². The highest BCUT2D eigenvalue weighted by atomic mass is 16.5. The predicted octanol–water partition coefficient (Wildman–Crippen LogP) is 2.03. The molecule has 1 heterocycles. The molecule has 3 N–H and O–H groups in total. The second-order valence-electron chi connectivity index (χ2n) is 3.89. The van der Waals surface area contributed by atoms with Gasteiger partial charge >= 0.3 is 0 Å². The fourth-order valence-electron chi connectivity index (χ4n) is 1.53. The second-order valence-corrected chi connectivity index (χ2v) is 3.89. The molecule has 5 heteroatoms. The van der Waals surface area contributed by atoms with E-state index in [1.165, 1.54) is 0 Å². The molecule has 0 aliphatic heterocycles. The maximum Gasteiger partial charge on any atom is 0.142 e. The highest BCUT2D eigenvalue weighted by Crippen LogP contribution is 2.13. The first-order valence-electron chi connectivity index (χ1n) is 5.86. The summed E-state index contributed by atoms with van der Waals surface area (Å²) in [7, 11) is 0. The molecule has 0 amide bonds. The SMILES string of the molecule is N#Cc1cc(NCCOc2ccc(N)cc2)ccn1. The number of rotatable bonds is 5. The quantitative estimate of drug-likeness (QED) is 0.630. The average Bonchev–Trinajstić information content (AvgIpc) is 2.46. The Kier molecular flexibility index (Phi) is 4.19. The van der Waals surface area contributed by atoms with E-state index < -0.39 is 0 Å². The first-order valence-corrected chi connectivity index (χ1v) is 5.86. The van der Waals surface area contributed by atoms with E-state index in [0.29, 0.717) is 24.5 Å². The number of nitrogens with zero attached hydrogens (tertiary/aromatic N) is 2. The summed E-state index contributed by atoms with van der Waals surface area (Å²) in [6.07, 6.45) is 1.60. The van der Waals surface area contributed by atoms with E-state index in [-0.39, 0.29) is 0 Å². The average molecular weight is 254 g/mol. The third kappa shape index (κ3) is 3.89. The van der Waals surface area contributed by atoms with Crippen LogP contribution < -0.4 is 15.8 Å². The fraction of sp³-hybridized carbons (Fsp3) is 0.143. The molecular formula is C14H14N4O. The molecule has 0 bridgehead atoms. The molecule has 2 aromatic rings. The van der Waals surface area contributed by atoms with Gasteiger partial charge in [-0.05, 0) is 36.4 Å². The summed E-state index contributed by atoms with van der Waals surface area (Å²) < 4.78 is 5.54. The van der Waals surface area contributed by atoms with Crippen LogP contribution in [0.1, 0.15) is 5.69 Å². The minimum absolute atomic E-state index is 0.393. The van der Waals surface area contributed by atoms with Gasteiger partial charge in [-0.25, -0.2) is 4.98 Å². The molecule has 0 saturated carbocycles. The van der Waals surface area contributed by atoms with E-state index in [9.17, 15) is 0 Å². The van der Waals surface area contributed by atoms with Gasteiger partial charge in [-0.15, -0.1) is 0 Å². The van der Waals surface area contributed by atoms with Gasteiger partial charge in [-0.3, -0.25) is 0 Å². The zero-order valence-corrected chi connectivity index (χ0v) is 10.3. The molecule has 5 nitrogen and oxygen atoms in total. The number of hydrogen-bond acceptors (Lipinski definition) is 5. The number of nitriles is 1. The molecule has 1 aromatic heterocycles. The third-order valence-electron chi connectivity index (χ3n) is 2.45. The molecule has 0 unspecified atom stereocenters. The minimum atomic E-state index is 0.393. The Labute approximate surface area is 111 Å². The summed E-state index contributed by atoms with van der Waals surface area (Å²) in [4.78, 5) is 3.90. The molecule has 0 saturated heterocycles. The van der Waals surface area contributed by atoms with Gasteiger partial charge in [0.1, 0.15) is 24.1 Å². The van der Waals surface area contributed by atoms with Crippen LogP contribution in [0.3, 0.4) is 0 Å². The summed E-state index contributed by atoms with van der Waals surface area (Å²) in [6.45, 7) is 1.16. The van der Waals surface area contributed by atoms with Gasteiger partial charge in [0, 0.05) is 24.1 Å². The van der Waals surface area contributed by atoms with Gasteiger partial charge in [0.2, 0.25) is 0 Å². The molecule has 0 atom stereocenters. The number of hydrogen-bond donors (Lipinski definition) is 2. The molecule has 0 radical (unpaired) electrons. The molecular weight excluding hydrogens is 240 g/mol. The molecule has 1 aromatic carbocycles. The van der Waals surface area contributed by atoms with Crippen molar-refractivity contribution in [2.24, 2.45) is 0 Å². The molecule has 0 fully saturated rings. The van der Waals surface area contributed by atoms with E-state index in [4.69, 9.17) is 15.7 Å². The van der Waals surface area contributed by atoms with Crippen molar-refractivity contribution >= 4 is 11.4 Å². The lowest BCUT2D eigenvalue weighted by molar-refractivity contribution is 0.333. The van der Waals surface area contributed by atoms with Crippen LogP contribution in [-0.2, 0) is 0 Å². The Morgan fingerprint density at radius 3 is 2.79 bits per heavy atom. The van der Waals surface area contributed by atoms with Crippen molar-refractivity contribution < 1.29 is 4.74 Å². The Morgan fingerprint density at radius 1 is 1.26 bits per heavy atom. The van der Waals surface area contributed by atoms with Crippen LogP contribution >= 0.6 is 0 Å². The number of aromatic nitrogens is 1. The molecule has 19 heavy (non-hydrogen) atoms. The zero-order valence-electron chi connectivity index (χ0n) is 10.3. The summed E-state index contributed by atoms with van der Waals surface area (Å²) in [5.41, 5.74) is 7.55. The predicted molar refractivity (Wildman–Crippen MR) is 73.8 cm³/mol. The molecule has 96 valence electrons. The number of anilines is 2. The molecule has 2 rings (SSSR count). The normalized spacial score (nSPS) is 9.63. The van der Waals surface area contributed by atoms with Crippen molar-refractivity contribution in [3.05, 3.63) is 48.3 Å². The Morgan fingerprint density at radius 2 is 2.05 bits per heavy atom. The van der Waals surface area contributed by atoms with Crippen LogP contribution in [0, 0.1) is 11.3 Å². The maximum atomic E-state index is 8.73. The van der Waals surface area contributed by atoms with Crippen molar-refractivity contribution in [1.82, 2.24) is 4.98 Å². The number of nitrogen functional groups attached to an aromatic ring is 1. The van der Waals surface area contributed by atoms with Crippen LogP contribution in [0.15, 0.2) is 42.6 Å². The first-order chi connectivity index (χ1) is 9.28.